The quantitative estimate of drug-likeness (QED) is 0.380. The largest absolute Gasteiger partial charge is 0.409 e. The molecule has 0 aliphatic heterocycles. The van der Waals surface area contributed by atoms with Crippen molar-refractivity contribution in [2.24, 2.45) is 10.9 Å². The first-order valence-electron chi connectivity index (χ1n) is 6.58. The fraction of sp³-hybridized carbons (Fsp3) is 0.500. The molecule has 0 unspecified atom stereocenters. The minimum atomic E-state index is -0.311. The number of nitrogens with zero attached hydrogens (tertiary/aromatic N) is 2. The van der Waals surface area contributed by atoms with Crippen LogP contribution in [0.25, 0.3) is 0 Å². The van der Waals surface area contributed by atoms with Gasteiger partial charge in [0.15, 0.2) is 5.84 Å². The van der Waals surface area contributed by atoms with Crippen LogP contribution in [0, 0.1) is 5.82 Å². The predicted molar refractivity (Wildman–Crippen MR) is 72.6 cm³/mol. The highest BCUT2D eigenvalue weighted by atomic mass is 19.1. The summed E-state index contributed by atoms with van der Waals surface area (Å²) in [6.07, 6.45) is 4.92. The van der Waals surface area contributed by atoms with Crippen molar-refractivity contribution in [3.05, 3.63) is 35.1 Å². The van der Waals surface area contributed by atoms with Gasteiger partial charge in [-0.1, -0.05) is 30.1 Å². The molecule has 0 spiro atoms. The molecule has 19 heavy (non-hydrogen) atoms. The molecular weight excluding hydrogens is 245 g/mol. The van der Waals surface area contributed by atoms with Crippen LogP contribution in [0.1, 0.15) is 36.8 Å². The first-order valence-corrected chi connectivity index (χ1v) is 6.58. The molecule has 5 heteroatoms. The topological polar surface area (TPSA) is 61.8 Å². The maximum absolute atomic E-state index is 14.0. The monoisotopic (exact) mass is 265 g/mol. The van der Waals surface area contributed by atoms with Crippen LogP contribution in [0.15, 0.2) is 23.4 Å². The average Bonchev–Trinajstić information content (AvgIpc) is 2.94. The third kappa shape index (κ3) is 3.23. The molecule has 2 rings (SSSR count). The van der Waals surface area contributed by atoms with Gasteiger partial charge in [-0.05, 0) is 26.0 Å². The molecule has 1 fully saturated rings. The Bertz CT molecular complexity index is 470. The second-order valence-electron chi connectivity index (χ2n) is 5.14. The van der Waals surface area contributed by atoms with Crippen LogP contribution in [0.3, 0.4) is 0 Å². The van der Waals surface area contributed by atoms with Gasteiger partial charge >= 0.3 is 0 Å². The molecule has 0 aromatic heterocycles. The van der Waals surface area contributed by atoms with Crippen LogP contribution in [0.5, 0.6) is 0 Å². The molecule has 0 heterocycles. The second kappa shape index (κ2) is 6.02. The van der Waals surface area contributed by atoms with Crippen LogP contribution in [0.2, 0.25) is 0 Å². The van der Waals surface area contributed by atoms with Gasteiger partial charge in [0.05, 0.1) is 0 Å². The Morgan fingerprint density at radius 2 is 2.16 bits per heavy atom. The lowest BCUT2D eigenvalue weighted by molar-refractivity contribution is 0.234. The molecule has 3 N–H and O–H groups in total. The fourth-order valence-corrected chi connectivity index (χ4v) is 2.64. The minimum Gasteiger partial charge on any atom is -0.409 e. The zero-order valence-corrected chi connectivity index (χ0v) is 11.1. The molecule has 104 valence electrons. The maximum Gasteiger partial charge on any atom is 0.170 e. The van der Waals surface area contributed by atoms with Crippen LogP contribution < -0.4 is 5.73 Å². The summed E-state index contributed by atoms with van der Waals surface area (Å²) in [5.41, 5.74) is 6.48. The van der Waals surface area contributed by atoms with Gasteiger partial charge in [0.1, 0.15) is 5.82 Å². The van der Waals surface area contributed by atoms with Crippen LogP contribution in [0.4, 0.5) is 4.39 Å². The summed E-state index contributed by atoms with van der Waals surface area (Å²) < 4.78 is 14.0. The molecule has 0 saturated heterocycles. The van der Waals surface area contributed by atoms with Gasteiger partial charge in [0.2, 0.25) is 0 Å². The van der Waals surface area contributed by atoms with Gasteiger partial charge in [-0.15, -0.1) is 0 Å². The fourth-order valence-electron chi connectivity index (χ4n) is 2.64. The molecule has 0 amide bonds. The summed E-state index contributed by atoms with van der Waals surface area (Å²) in [7, 11) is 2.03. The van der Waals surface area contributed by atoms with Gasteiger partial charge in [0.25, 0.3) is 0 Å². The van der Waals surface area contributed by atoms with Crippen LogP contribution >= 0.6 is 0 Å². The van der Waals surface area contributed by atoms with E-state index in [9.17, 15) is 4.39 Å². The predicted octanol–water partition coefficient (Wildman–Crippen LogP) is 2.29. The first kappa shape index (κ1) is 13.8. The van der Waals surface area contributed by atoms with E-state index < -0.39 is 0 Å². The Kier molecular flexibility index (Phi) is 4.37. The highest BCUT2D eigenvalue weighted by Gasteiger charge is 2.20. The van der Waals surface area contributed by atoms with Gasteiger partial charge in [-0.3, -0.25) is 4.90 Å². The van der Waals surface area contributed by atoms with Crippen molar-refractivity contribution in [3.8, 4) is 0 Å². The van der Waals surface area contributed by atoms with Crippen molar-refractivity contribution in [1.29, 1.82) is 0 Å². The molecule has 0 radical (unpaired) electrons. The standard InChI is InChI=1S/C14H20FN3O/c1-18(12-4-2-3-5-12)9-11-7-6-10(8-13(11)15)14(16)17-19/h6-8,12,19H,2-5,9H2,1H3,(H2,16,17). The van der Waals surface area contributed by atoms with E-state index in [1.807, 2.05) is 7.05 Å². The second-order valence-corrected chi connectivity index (χ2v) is 5.14. The van der Waals surface area contributed by atoms with E-state index in [2.05, 4.69) is 10.1 Å². The van der Waals surface area contributed by atoms with E-state index in [0.717, 1.165) is 0 Å². The summed E-state index contributed by atoms with van der Waals surface area (Å²) in [6.45, 7) is 0.590. The van der Waals surface area contributed by atoms with Crippen molar-refractivity contribution < 1.29 is 9.60 Å². The lowest BCUT2D eigenvalue weighted by Gasteiger charge is -2.24. The molecule has 0 bridgehead atoms. The van der Waals surface area contributed by atoms with Gasteiger partial charge in [-0.2, -0.15) is 0 Å². The van der Waals surface area contributed by atoms with E-state index >= 15 is 0 Å². The Balaban J connectivity index is 2.08. The number of hydrogen-bond acceptors (Lipinski definition) is 3. The number of hydrogen-bond donors (Lipinski definition) is 2. The van der Waals surface area contributed by atoms with E-state index in [1.165, 1.54) is 31.7 Å². The molecule has 1 aliphatic rings. The van der Waals surface area contributed by atoms with E-state index in [-0.39, 0.29) is 11.7 Å². The molecule has 0 atom stereocenters. The highest BCUT2D eigenvalue weighted by molar-refractivity contribution is 5.97. The van der Waals surface area contributed by atoms with Crippen molar-refractivity contribution in [1.82, 2.24) is 4.90 Å². The van der Waals surface area contributed by atoms with E-state index in [4.69, 9.17) is 10.9 Å². The Labute approximate surface area is 112 Å². The average molecular weight is 265 g/mol. The molecule has 1 aromatic rings. The Hall–Kier alpha value is -1.62. The van der Waals surface area contributed by atoms with Gasteiger partial charge < -0.3 is 10.9 Å². The van der Waals surface area contributed by atoms with Crippen LogP contribution in [-0.4, -0.2) is 29.0 Å². The van der Waals surface area contributed by atoms with Gasteiger partial charge in [0, 0.05) is 23.7 Å². The summed E-state index contributed by atoms with van der Waals surface area (Å²) in [4.78, 5) is 2.20. The zero-order valence-electron chi connectivity index (χ0n) is 11.1. The molecule has 1 aromatic carbocycles. The Morgan fingerprint density at radius 3 is 2.74 bits per heavy atom. The normalized spacial score (nSPS) is 17.3. The van der Waals surface area contributed by atoms with Crippen LogP contribution in [-0.2, 0) is 6.54 Å². The number of nitrogens with two attached hydrogens (primary N) is 1. The van der Waals surface area contributed by atoms with Gasteiger partial charge in [-0.25, -0.2) is 4.39 Å². The number of amidine groups is 1. The molecular formula is C14H20FN3O. The van der Waals surface area contributed by atoms with Crippen molar-refractivity contribution in [2.75, 3.05) is 7.05 Å². The van der Waals surface area contributed by atoms with E-state index in [1.54, 1.807) is 12.1 Å². The smallest absolute Gasteiger partial charge is 0.170 e. The number of oxime groups is 1. The molecule has 1 aliphatic carbocycles. The number of rotatable bonds is 4. The first-order chi connectivity index (χ1) is 9.11. The summed E-state index contributed by atoms with van der Waals surface area (Å²) in [5.74, 6) is -0.386. The van der Waals surface area contributed by atoms with Crippen molar-refractivity contribution in [3.63, 3.8) is 0 Å². The Morgan fingerprint density at radius 1 is 1.47 bits per heavy atom. The number of benzene rings is 1. The lowest BCUT2D eigenvalue weighted by Crippen LogP contribution is -2.29. The summed E-state index contributed by atoms with van der Waals surface area (Å²) >= 11 is 0. The highest BCUT2D eigenvalue weighted by Crippen LogP contribution is 2.24. The number of halogens is 1. The van der Waals surface area contributed by atoms with Crippen molar-refractivity contribution >= 4 is 5.84 Å². The molecule has 4 nitrogen and oxygen atoms in total. The molecule has 1 saturated carbocycles. The maximum atomic E-state index is 14.0. The zero-order chi connectivity index (χ0) is 13.8. The van der Waals surface area contributed by atoms with E-state index in [0.29, 0.717) is 23.7 Å². The lowest BCUT2D eigenvalue weighted by atomic mass is 10.1. The third-order valence-electron chi connectivity index (χ3n) is 3.82. The van der Waals surface area contributed by atoms with Crippen molar-refractivity contribution in [2.45, 2.75) is 38.3 Å². The third-order valence-corrected chi connectivity index (χ3v) is 3.82. The summed E-state index contributed by atoms with van der Waals surface area (Å²) in [5, 5.41) is 11.4. The SMILES string of the molecule is CN(Cc1ccc(/C(N)=N/O)cc1F)C1CCCC1. The minimum absolute atomic E-state index is 0.0744. The summed E-state index contributed by atoms with van der Waals surface area (Å²) in [6, 6.07) is 5.25.